The van der Waals surface area contributed by atoms with Crippen molar-refractivity contribution in [1.82, 2.24) is 5.32 Å². The quantitative estimate of drug-likeness (QED) is 0.661. The van der Waals surface area contributed by atoms with E-state index < -0.39 is 0 Å². The maximum absolute atomic E-state index is 11.4. The number of likely N-dealkylation sites (N-methyl/N-ethyl adjacent to an activating group) is 1. The Morgan fingerprint density at radius 1 is 1.50 bits per heavy atom. The standard InChI is InChI=1S/C14H21N3O3/c1-15-10-11-6-3-4-9-16(11)12-7-5-8-13(20-2)14(12)17(18)19/h5,7-8,11,15H,3-4,6,9-10H2,1-2H3. The van der Waals surface area contributed by atoms with Crippen molar-refractivity contribution < 1.29 is 9.66 Å². The molecule has 1 aliphatic heterocycles. The van der Waals surface area contributed by atoms with Crippen LogP contribution < -0.4 is 15.0 Å². The highest BCUT2D eigenvalue weighted by Gasteiger charge is 2.30. The average molecular weight is 279 g/mol. The van der Waals surface area contributed by atoms with E-state index in [0.29, 0.717) is 17.5 Å². The number of nitro benzene ring substituents is 1. The number of anilines is 1. The molecule has 1 aliphatic rings. The van der Waals surface area contributed by atoms with E-state index >= 15 is 0 Å². The zero-order chi connectivity index (χ0) is 14.5. The normalized spacial score (nSPS) is 18.9. The molecular formula is C14H21N3O3. The van der Waals surface area contributed by atoms with Crippen LogP contribution in [0.4, 0.5) is 11.4 Å². The molecule has 1 heterocycles. The zero-order valence-electron chi connectivity index (χ0n) is 12.0. The topological polar surface area (TPSA) is 67.6 Å². The number of hydrogen-bond donors (Lipinski definition) is 1. The van der Waals surface area contributed by atoms with Crippen LogP contribution in [0.25, 0.3) is 0 Å². The van der Waals surface area contributed by atoms with Gasteiger partial charge in [-0.15, -0.1) is 0 Å². The largest absolute Gasteiger partial charge is 0.490 e. The van der Waals surface area contributed by atoms with E-state index in [2.05, 4.69) is 10.2 Å². The zero-order valence-corrected chi connectivity index (χ0v) is 12.0. The second-order valence-corrected chi connectivity index (χ2v) is 4.99. The van der Waals surface area contributed by atoms with Gasteiger partial charge in [0.2, 0.25) is 0 Å². The molecule has 6 nitrogen and oxygen atoms in total. The van der Waals surface area contributed by atoms with Gasteiger partial charge in [-0.25, -0.2) is 0 Å². The summed E-state index contributed by atoms with van der Waals surface area (Å²) in [5, 5.41) is 14.6. The van der Waals surface area contributed by atoms with Crippen molar-refractivity contribution >= 4 is 11.4 Å². The fourth-order valence-corrected chi connectivity index (χ4v) is 2.86. The molecule has 0 radical (unpaired) electrons. The molecule has 0 spiro atoms. The van der Waals surface area contributed by atoms with E-state index in [1.807, 2.05) is 19.2 Å². The lowest BCUT2D eigenvalue weighted by atomic mass is 10.0. The number of benzene rings is 1. The third kappa shape index (κ3) is 2.85. The van der Waals surface area contributed by atoms with Crippen LogP contribution in [0.1, 0.15) is 19.3 Å². The van der Waals surface area contributed by atoms with Gasteiger partial charge >= 0.3 is 5.69 Å². The summed E-state index contributed by atoms with van der Waals surface area (Å²) in [5.74, 6) is 0.321. The molecule has 1 unspecified atom stereocenters. The van der Waals surface area contributed by atoms with Crippen molar-refractivity contribution in [3.63, 3.8) is 0 Å². The summed E-state index contributed by atoms with van der Waals surface area (Å²) in [6, 6.07) is 5.55. The first-order valence-corrected chi connectivity index (χ1v) is 6.91. The summed E-state index contributed by atoms with van der Waals surface area (Å²) >= 11 is 0. The molecule has 1 aromatic carbocycles. The van der Waals surface area contributed by atoms with Gasteiger partial charge in [-0.1, -0.05) is 6.07 Å². The minimum Gasteiger partial charge on any atom is -0.490 e. The average Bonchev–Trinajstić information content (AvgIpc) is 2.47. The molecule has 2 rings (SSSR count). The molecule has 110 valence electrons. The number of hydrogen-bond acceptors (Lipinski definition) is 5. The lowest BCUT2D eigenvalue weighted by Crippen LogP contribution is -2.45. The summed E-state index contributed by atoms with van der Waals surface area (Å²) in [6.45, 7) is 1.68. The number of methoxy groups -OCH3 is 1. The lowest BCUT2D eigenvalue weighted by molar-refractivity contribution is -0.385. The van der Waals surface area contributed by atoms with Crippen molar-refractivity contribution in [2.24, 2.45) is 0 Å². The van der Waals surface area contributed by atoms with Crippen molar-refractivity contribution in [3.05, 3.63) is 28.3 Å². The SMILES string of the molecule is CNCC1CCCCN1c1cccc(OC)c1[N+](=O)[O-]. The maximum Gasteiger partial charge on any atom is 0.333 e. The second kappa shape index (κ2) is 6.56. The molecule has 0 bridgehead atoms. The molecule has 1 saturated heterocycles. The van der Waals surface area contributed by atoms with E-state index in [1.165, 1.54) is 13.5 Å². The van der Waals surface area contributed by atoms with E-state index in [4.69, 9.17) is 4.74 Å². The second-order valence-electron chi connectivity index (χ2n) is 4.99. The fourth-order valence-electron chi connectivity index (χ4n) is 2.86. The number of nitrogens with zero attached hydrogens (tertiary/aromatic N) is 2. The molecule has 1 aromatic rings. The Kier molecular flexibility index (Phi) is 4.79. The van der Waals surface area contributed by atoms with Crippen LogP contribution in [-0.2, 0) is 0 Å². The van der Waals surface area contributed by atoms with Gasteiger partial charge in [0.05, 0.1) is 12.0 Å². The molecule has 0 aliphatic carbocycles. The molecule has 0 saturated carbocycles. The van der Waals surface area contributed by atoms with Crippen LogP contribution in [0.5, 0.6) is 5.75 Å². The molecule has 20 heavy (non-hydrogen) atoms. The fraction of sp³-hybridized carbons (Fsp3) is 0.571. The highest BCUT2D eigenvalue weighted by Crippen LogP contribution is 2.39. The van der Waals surface area contributed by atoms with Crippen molar-refractivity contribution in [3.8, 4) is 5.75 Å². The molecule has 1 fully saturated rings. The predicted molar refractivity (Wildman–Crippen MR) is 78.6 cm³/mol. The summed E-state index contributed by atoms with van der Waals surface area (Å²) in [6.07, 6.45) is 3.28. The van der Waals surface area contributed by atoms with Gasteiger partial charge in [0.15, 0.2) is 5.75 Å². The number of ether oxygens (including phenoxy) is 1. The van der Waals surface area contributed by atoms with Gasteiger partial charge in [-0.05, 0) is 38.4 Å². The van der Waals surface area contributed by atoms with Gasteiger partial charge in [-0.2, -0.15) is 0 Å². The predicted octanol–water partition coefficient (Wildman–Crippen LogP) is 2.18. The smallest absolute Gasteiger partial charge is 0.333 e. The highest BCUT2D eigenvalue weighted by molar-refractivity contribution is 5.70. The van der Waals surface area contributed by atoms with Crippen LogP contribution in [0.2, 0.25) is 0 Å². The summed E-state index contributed by atoms with van der Waals surface area (Å²) in [4.78, 5) is 13.2. The first-order valence-electron chi connectivity index (χ1n) is 6.91. The Bertz CT molecular complexity index is 477. The Morgan fingerprint density at radius 2 is 2.30 bits per heavy atom. The van der Waals surface area contributed by atoms with Gasteiger partial charge < -0.3 is 15.0 Å². The van der Waals surface area contributed by atoms with Crippen molar-refractivity contribution in [2.45, 2.75) is 25.3 Å². The van der Waals surface area contributed by atoms with E-state index in [0.717, 1.165) is 25.9 Å². The molecule has 0 amide bonds. The first-order chi connectivity index (χ1) is 9.69. The minimum atomic E-state index is -0.348. The maximum atomic E-state index is 11.4. The first kappa shape index (κ1) is 14.6. The van der Waals surface area contributed by atoms with Crippen LogP contribution in [0.3, 0.4) is 0 Å². The Labute approximate surface area is 118 Å². The number of piperidine rings is 1. The van der Waals surface area contributed by atoms with E-state index in [-0.39, 0.29) is 10.6 Å². The van der Waals surface area contributed by atoms with Crippen molar-refractivity contribution in [2.75, 3.05) is 32.1 Å². The Morgan fingerprint density at radius 3 is 2.95 bits per heavy atom. The third-order valence-electron chi connectivity index (χ3n) is 3.76. The molecular weight excluding hydrogens is 258 g/mol. The monoisotopic (exact) mass is 279 g/mol. The summed E-state index contributed by atoms with van der Waals surface area (Å²) in [7, 11) is 3.38. The Balaban J connectivity index is 2.41. The Hall–Kier alpha value is -1.82. The lowest BCUT2D eigenvalue weighted by Gasteiger charge is -2.37. The molecule has 1 N–H and O–H groups in total. The van der Waals surface area contributed by atoms with Crippen molar-refractivity contribution in [1.29, 1.82) is 0 Å². The third-order valence-corrected chi connectivity index (χ3v) is 3.76. The number of para-hydroxylation sites is 1. The van der Waals surface area contributed by atoms with E-state index in [1.54, 1.807) is 6.07 Å². The van der Waals surface area contributed by atoms with Gasteiger partial charge in [0.25, 0.3) is 0 Å². The minimum absolute atomic E-state index is 0.0676. The van der Waals surface area contributed by atoms with Crippen LogP contribution in [0.15, 0.2) is 18.2 Å². The van der Waals surface area contributed by atoms with Gasteiger partial charge in [0.1, 0.15) is 5.69 Å². The summed E-state index contributed by atoms with van der Waals surface area (Å²) in [5.41, 5.74) is 0.729. The van der Waals surface area contributed by atoms with Gasteiger partial charge in [0, 0.05) is 19.1 Å². The van der Waals surface area contributed by atoms with Crippen LogP contribution in [0, 0.1) is 10.1 Å². The molecule has 0 aromatic heterocycles. The van der Waals surface area contributed by atoms with Gasteiger partial charge in [-0.3, -0.25) is 10.1 Å². The van der Waals surface area contributed by atoms with E-state index in [9.17, 15) is 10.1 Å². The van der Waals surface area contributed by atoms with Crippen LogP contribution in [-0.4, -0.2) is 38.2 Å². The molecule has 1 atom stereocenters. The number of nitro groups is 1. The highest BCUT2D eigenvalue weighted by atomic mass is 16.6. The number of rotatable bonds is 5. The van der Waals surface area contributed by atoms with Crippen LogP contribution >= 0.6 is 0 Å². The molecule has 6 heteroatoms. The summed E-state index contributed by atoms with van der Waals surface area (Å²) < 4.78 is 5.15. The number of nitrogens with one attached hydrogen (secondary N) is 1.